The first-order chi connectivity index (χ1) is 4.48. The van der Waals surface area contributed by atoms with Crippen molar-refractivity contribution in [3.8, 4) is 0 Å². The Morgan fingerprint density at radius 2 is 2.10 bits per heavy atom. The first kappa shape index (κ1) is 6.19. The summed E-state index contributed by atoms with van der Waals surface area (Å²) in [5, 5.41) is 0. The van der Waals surface area contributed by atoms with Crippen molar-refractivity contribution in [1.29, 1.82) is 0 Å². The number of hydrogen-bond acceptors (Lipinski definition) is 1. The molecule has 2 unspecified atom stereocenters. The van der Waals surface area contributed by atoms with Gasteiger partial charge in [0.1, 0.15) is 11.2 Å². The Hall–Kier alpha value is -0.540. The molecule has 1 nitrogen and oxygen atoms in total. The maximum atomic E-state index is 12.0. The van der Waals surface area contributed by atoms with Crippen LogP contribution in [0.4, 0.5) is 13.2 Å². The number of carbonyl (C=O) groups is 1. The summed E-state index contributed by atoms with van der Waals surface area (Å²) in [6.45, 7) is 0. The van der Waals surface area contributed by atoms with Crippen LogP contribution in [-0.4, -0.2) is 12.0 Å². The van der Waals surface area contributed by atoms with Gasteiger partial charge < -0.3 is 0 Å². The molecule has 0 amide bonds. The number of ketones is 1. The first-order valence-electron chi connectivity index (χ1n) is 3.08. The summed E-state index contributed by atoms with van der Waals surface area (Å²) in [7, 11) is 0. The summed E-state index contributed by atoms with van der Waals surface area (Å²) in [6, 6.07) is 0. The fraction of sp³-hybridized carbons (Fsp3) is 0.833. The second kappa shape index (κ2) is 1.24. The minimum absolute atomic E-state index is 0.0509. The molecule has 2 fully saturated rings. The Bertz CT molecular complexity index is 208. The molecule has 2 saturated carbocycles. The fourth-order valence-electron chi connectivity index (χ4n) is 1.70. The predicted octanol–water partition coefficient (Wildman–Crippen LogP) is 1.53. The Labute approximate surface area is 55.2 Å². The van der Waals surface area contributed by atoms with Crippen molar-refractivity contribution in [3.63, 3.8) is 0 Å². The van der Waals surface area contributed by atoms with Crippen LogP contribution in [0.5, 0.6) is 0 Å². The first-order valence-corrected chi connectivity index (χ1v) is 3.08. The Balaban J connectivity index is 2.27. The number of hydrogen-bond donors (Lipinski definition) is 0. The van der Waals surface area contributed by atoms with Gasteiger partial charge in [-0.3, -0.25) is 4.79 Å². The third-order valence-corrected chi connectivity index (χ3v) is 2.54. The third-order valence-electron chi connectivity index (χ3n) is 2.54. The summed E-state index contributed by atoms with van der Waals surface area (Å²) < 4.78 is 35.9. The molecule has 10 heavy (non-hydrogen) atoms. The highest BCUT2D eigenvalue weighted by Gasteiger charge is 2.81. The Kier molecular flexibility index (Phi) is 0.769. The molecule has 0 saturated heterocycles. The molecule has 0 spiro atoms. The smallest absolute Gasteiger partial charge is 0.299 e. The molecule has 0 N–H and O–H groups in total. The zero-order valence-corrected chi connectivity index (χ0v) is 5.03. The topological polar surface area (TPSA) is 17.1 Å². The van der Waals surface area contributed by atoms with Crippen LogP contribution in [0.2, 0.25) is 0 Å². The zero-order valence-electron chi connectivity index (χ0n) is 5.03. The highest BCUT2D eigenvalue weighted by molar-refractivity contribution is 5.96. The second-order valence-electron chi connectivity index (χ2n) is 3.00. The number of halogens is 3. The van der Waals surface area contributed by atoms with E-state index in [0.717, 1.165) is 0 Å². The average molecular weight is 150 g/mol. The maximum Gasteiger partial charge on any atom is 0.401 e. The highest BCUT2D eigenvalue weighted by Crippen LogP contribution is 2.71. The minimum atomic E-state index is -4.27. The monoisotopic (exact) mass is 150 g/mol. The largest absolute Gasteiger partial charge is 0.401 e. The van der Waals surface area contributed by atoms with Gasteiger partial charge >= 0.3 is 6.18 Å². The Morgan fingerprint density at radius 3 is 2.20 bits per heavy atom. The summed E-state index contributed by atoms with van der Waals surface area (Å²) in [4.78, 5) is 10.5. The third kappa shape index (κ3) is 0.413. The zero-order chi connectivity index (χ0) is 7.57. The van der Waals surface area contributed by atoms with E-state index in [0.29, 0.717) is 0 Å². The number of rotatable bonds is 0. The molecular formula is C6H5F3O. The molecule has 56 valence electrons. The van der Waals surface area contributed by atoms with E-state index in [1.807, 2.05) is 0 Å². The quantitative estimate of drug-likeness (QED) is 0.511. The van der Waals surface area contributed by atoms with E-state index < -0.39 is 17.4 Å². The molecule has 0 radical (unpaired) electrons. The Morgan fingerprint density at radius 1 is 1.50 bits per heavy atom. The van der Waals surface area contributed by atoms with Crippen LogP contribution >= 0.6 is 0 Å². The van der Waals surface area contributed by atoms with E-state index in [1.165, 1.54) is 0 Å². The van der Waals surface area contributed by atoms with E-state index in [2.05, 4.69) is 0 Å². The molecule has 2 rings (SSSR count). The molecule has 2 aliphatic carbocycles. The lowest BCUT2D eigenvalue weighted by Gasteiger charge is -2.25. The summed E-state index contributed by atoms with van der Waals surface area (Å²) >= 11 is 0. The van der Waals surface area contributed by atoms with E-state index in [-0.39, 0.29) is 18.8 Å². The fourth-order valence-corrected chi connectivity index (χ4v) is 1.70. The van der Waals surface area contributed by atoms with Gasteiger partial charge in [-0.05, 0) is 12.3 Å². The van der Waals surface area contributed by atoms with E-state index in [4.69, 9.17) is 0 Å². The van der Waals surface area contributed by atoms with Crippen molar-refractivity contribution >= 4 is 5.78 Å². The predicted molar refractivity (Wildman–Crippen MR) is 26.2 cm³/mol. The van der Waals surface area contributed by atoms with Gasteiger partial charge in [0, 0.05) is 6.42 Å². The van der Waals surface area contributed by atoms with Crippen LogP contribution in [0.3, 0.4) is 0 Å². The number of alkyl halides is 3. The van der Waals surface area contributed by atoms with Gasteiger partial charge in [-0.1, -0.05) is 0 Å². The molecule has 0 aromatic carbocycles. The molecule has 0 aliphatic heterocycles. The molecule has 0 aromatic heterocycles. The lowest BCUT2D eigenvalue weighted by molar-refractivity contribution is -0.205. The SMILES string of the molecule is O=C1CC2CC12C(F)(F)F. The van der Waals surface area contributed by atoms with Crippen LogP contribution in [0.25, 0.3) is 0 Å². The number of fused-ring (bicyclic) bond motifs is 1. The van der Waals surface area contributed by atoms with Crippen LogP contribution in [0.15, 0.2) is 0 Å². The highest BCUT2D eigenvalue weighted by atomic mass is 19.4. The number of Topliss-reactive ketones (excluding diaryl/α,β-unsaturated/α-hetero) is 1. The lowest BCUT2D eigenvalue weighted by Crippen LogP contribution is -2.41. The van der Waals surface area contributed by atoms with Gasteiger partial charge in [-0.25, -0.2) is 0 Å². The lowest BCUT2D eigenvalue weighted by atomic mass is 9.82. The van der Waals surface area contributed by atoms with Crippen molar-refractivity contribution in [2.75, 3.05) is 0 Å². The van der Waals surface area contributed by atoms with Gasteiger partial charge in [0.15, 0.2) is 0 Å². The van der Waals surface area contributed by atoms with Gasteiger partial charge in [0.25, 0.3) is 0 Å². The number of carbonyl (C=O) groups excluding carboxylic acids is 1. The summed E-state index contributed by atoms with van der Waals surface area (Å²) in [5.41, 5.74) is -1.85. The van der Waals surface area contributed by atoms with E-state index in [1.54, 1.807) is 0 Å². The molecule has 2 atom stereocenters. The van der Waals surface area contributed by atoms with Gasteiger partial charge in [-0.2, -0.15) is 13.2 Å². The van der Waals surface area contributed by atoms with Crippen molar-refractivity contribution in [1.82, 2.24) is 0 Å². The molecule has 0 heterocycles. The van der Waals surface area contributed by atoms with E-state index >= 15 is 0 Å². The van der Waals surface area contributed by atoms with Crippen molar-refractivity contribution in [2.45, 2.75) is 19.0 Å². The van der Waals surface area contributed by atoms with Crippen molar-refractivity contribution in [2.24, 2.45) is 11.3 Å². The standard InChI is InChI=1S/C6H5F3O/c7-6(8,9)5-2-3(5)1-4(5)10/h3H,1-2H2. The van der Waals surface area contributed by atoms with Crippen LogP contribution in [0, 0.1) is 11.3 Å². The summed E-state index contributed by atoms with van der Waals surface area (Å²) in [6.07, 6.45) is -4.07. The van der Waals surface area contributed by atoms with Gasteiger partial charge in [0.2, 0.25) is 0 Å². The summed E-state index contributed by atoms with van der Waals surface area (Å²) in [5.74, 6) is -0.968. The molecule has 0 bridgehead atoms. The minimum Gasteiger partial charge on any atom is -0.299 e. The molecular weight excluding hydrogens is 145 g/mol. The van der Waals surface area contributed by atoms with Crippen molar-refractivity contribution < 1.29 is 18.0 Å². The van der Waals surface area contributed by atoms with Gasteiger partial charge in [0.05, 0.1) is 0 Å². The second-order valence-corrected chi connectivity index (χ2v) is 3.00. The molecule has 0 aromatic rings. The maximum absolute atomic E-state index is 12.0. The van der Waals surface area contributed by atoms with Crippen LogP contribution in [-0.2, 0) is 4.79 Å². The van der Waals surface area contributed by atoms with Crippen LogP contribution in [0.1, 0.15) is 12.8 Å². The normalized spacial score (nSPS) is 44.3. The molecule has 2 aliphatic rings. The van der Waals surface area contributed by atoms with Crippen LogP contribution < -0.4 is 0 Å². The van der Waals surface area contributed by atoms with Crippen molar-refractivity contribution in [3.05, 3.63) is 0 Å². The molecule has 4 heteroatoms. The van der Waals surface area contributed by atoms with Gasteiger partial charge in [-0.15, -0.1) is 0 Å². The average Bonchev–Trinajstić information content (AvgIpc) is 2.33. The van der Waals surface area contributed by atoms with E-state index in [9.17, 15) is 18.0 Å².